The van der Waals surface area contributed by atoms with Crippen LogP contribution in [-0.4, -0.2) is 18.7 Å². The zero-order chi connectivity index (χ0) is 21.3. The minimum Gasteiger partial charge on any atom is -0.490 e. The van der Waals surface area contributed by atoms with Crippen LogP contribution < -0.4 is 15.4 Å². The number of carbonyl (C=O) groups excluding carboxylic acids is 1. The SMILES string of the molecule is O=C1Nc2c(Cl)ccc(OC3CC(COCc4ccccc4)C3)c2C2(CCCCC2)N1. The fraction of sp³-hybridized carbons (Fsp3) is 0.480. The Morgan fingerprint density at radius 3 is 2.58 bits per heavy atom. The van der Waals surface area contributed by atoms with Crippen molar-refractivity contribution in [2.24, 2.45) is 5.92 Å². The topological polar surface area (TPSA) is 59.6 Å². The predicted molar refractivity (Wildman–Crippen MR) is 122 cm³/mol. The smallest absolute Gasteiger partial charge is 0.319 e. The van der Waals surface area contributed by atoms with Gasteiger partial charge in [0, 0.05) is 5.56 Å². The molecule has 5 rings (SSSR count). The largest absolute Gasteiger partial charge is 0.490 e. The third kappa shape index (κ3) is 4.26. The predicted octanol–water partition coefficient (Wildman–Crippen LogP) is 6.01. The van der Waals surface area contributed by atoms with E-state index in [0.717, 1.165) is 56.4 Å². The van der Waals surface area contributed by atoms with Crippen molar-refractivity contribution in [1.82, 2.24) is 5.32 Å². The Bertz CT molecular complexity index is 937. The summed E-state index contributed by atoms with van der Waals surface area (Å²) in [6, 6.07) is 13.9. The molecule has 3 aliphatic rings. The van der Waals surface area contributed by atoms with Crippen LogP contribution in [0.15, 0.2) is 42.5 Å². The molecule has 1 heterocycles. The van der Waals surface area contributed by atoms with Crippen molar-refractivity contribution >= 4 is 23.3 Å². The summed E-state index contributed by atoms with van der Waals surface area (Å²) in [6.45, 7) is 1.41. The quantitative estimate of drug-likeness (QED) is 0.578. The van der Waals surface area contributed by atoms with Crippen LogP contribution in [-0.2, 0) is 16.9 Å². The molecule has 0 saturated heterocycles. The number of hydrogen-bond acceptors (Lipinski definition) is 3. The molecule has 0 radical (unpaired) electrons. The van der Waals surface area contributed by atoms with Crippen LogP contribution >= 0.6 is 11.6 Å². The normalized spacial score (nSPS) is 24.0. The molecule has 2 aromatic carbocycles. The molecule has 0 aromatic heterocycles. The molecular formula is C25H29ClN2O3. The molecule has 2 amide bonds. The Kier molecular flexibility index (Phi) is 5.81. The van der Waals surface area contributed by atoms with Gasteiger partial charge in [-0.3, -0.25) is 0 Å². The molecule has 0 bridgehead atoms. The van der Waals surface area contributed by atoms with Crippen LogP contribution in [0.5, 0.6) is 5.75 Å². The van der Waals surface area contributed by atoms with E-state index in [0.29, 0.717) is 23.2 Å². The molecule has 0 atom stereocenters. The van der Waals surface area contributed by atoms with Gasteiger partial charge in [-0.05, 0) is 49.3 Å². The molecule has 5 nitrogen and oxygen atoms in total. The molecule has 2 saturated carbocycles. The molecule has 0 unspecified atom stereocenters. The van der Waals surface area contributed by atoms with E-state index in [1.807, 2.05) is 30.3 Å². The molecule has 2 aliphatic carbocycles. The van der Waals surface area contributed by atoms with Gasteiger partial charge < -0.3 is 20.1 Å². The molecule has 1 spiro atoms. The van der Waals surface area contributed by atoms with Gasteiger partial charge in [0.05, 0.1) is 35.6 Å². The van der Waals surface area contributed by atoms with Gasteiger partial charge in [0.2, 0.25) is 0 Å². The number of rotatable bonds is 6. The summed E-state index contributed by atoms with van der Waals surface area (Å²) in [5, 5.41) is 6.70. The first-order valence-electron chi connectivity index (χ1n) is 11.3. The molecular weight excluding hydrogens is 412 g/mol. The molecule has 2 aromatic rings. The van der Waals surface area contributed by atoms with Crippen LogP contribution in [0.2, 0.25) is 5.02 Å². The van der Waals surface area contributed by atoms with E-state index in [1.54, 1.807) is 0 Å². The highest BCUT2D eigenvalue weighted by molar-refractivity contribution is 6.34. The number of urea groups is 1. The van der Waals surface area contributed by atoms with E-state index in [9.17, 15) is 4.79 Å². The van der Waals surface area contributed by atoms with Crippen molar-refractivity contribution in [3.05, 3.63) is 58.6 Å². The monoisotopic (exact) mass is 440 g/mol. The maximum Gasteiger partial charge on any atom is 0.319 e. The maximum atomic E-state index is 12.4. The van der Waals surface area contributed by atoms with Gasteiger partial charge in [-0.1, -0.05) is 61.2 Å². The Labute approximate surface area is 188 Å². The minimum atomic E-state index is -0.377. The summed E-state index contributed by atoms with van der Waals surface area (Å²) in [5.41, 5.74) is 2.57. The third-order valence-electron chi connectivity index (χ3n) is 6.84. The number of carbonyl (C=O) groups is 1. The molecule has 31 heavy (non-hydrogen) atoms. The minimum absolute atomic E-state index is 0.173. The number of hydrogen-bond donors (Lipinski definition) is 2. The van der Waals surface area contributed by atoms with E-state index >= 15 is 0 Å². The first kappa shape index (κ1) is 20.7. The number of nitrogens with one attached hydrogen (secondary N) is 2. The summed E-state index contributed by atoms with van der Waals surface area (Å²) in [6.07, 6.45) is 7.37. The van der Waals surface area contributed by atoms with E-state index in [1.165, 1.54) is 12.0 Å². The van der Waals surface area contributed by atoms with E-state index in [2.05, 4.69) is 22.8 Å². The maximum absolute atomic E-state index is 12.4. The lowest BCUT2D eigenvalue weighted by atomic mass is 9.74. The summed E-state index contributed by atoms with van der Waals surface area (Å²) in [5.74, 6) is 1.38. The lowest BCUT2D eigenvalue weighted by Crippen LogP contribution is -2.53. The highest BCUT2D eigenvalue weighted by Crippen LogP contribution is 2.50. The van der Waals surface area contributed by atoms with Crippen molar-refractivity contribution in [2.45, 2.75) is 63.2 Å². The van der Waals surface area contributed by atoms with Gasteiger partial charge in [-0.25, -0.2) is 4.79 Å². The molecule has 164 valence electrons. The van der Waals surface area contributed by atoms with Crippen LogP contribution in [0.4, 0.5) is 10.5 Å². The van der Waals surface area contributed by atoms with Gasteiger partial charge in [0.15, 0.2) is 0 Å². The highest BCUT2D eigenvalue weighted by atomic mass is 35.5. The number of benzene rings is 2. The molecule has 2 N–H and O–H groups in total. The van der Waals surface area contributed by atoms with E-state index in [-0.39, 0.29) is 17.7 Å². The van der Waals surface area contributed by atoms with Gasteiger partial charge in [-0.15, -0.1) is 0 Å². The fourth-order valence-electron chi connectivity index (χ4n) is 5.21. The van der Waals surface area contributed by atoms with E-state index < -0.39 is 0 Å². The second-order valence-corrected chi connectivity index (χ2v) is 9.50. The average Bonchev–Trinajstić information content (AvgIpc) is 2.75. The van der Waals surface area contributed by atoms with Crippen molar-refractivity contribution in [1.29, 1.82) is 0 Å². The number of ether oxygens (including phenoxy) is 2. The first-order chi connectivity index (χ1) is 15.1. The number of fused-ring (bicyclic) bond motifs is 2. The van der Waals surface area contributed by atoms with Crippen molar-refractivity contribution in [3.8, 4) is 5.75 Å². The second kappa shape index (κ2) is 8.71. The van der Waals surface area contributed by atoms with Gasteiger partial charge in [-0.2, -0.15) is 0 Å². The van der Waals surface area contributed by atoms with Crippen molar-refractivity contribution < 1.29 is 14.3 Å². The molecule has 2 fully saturated rings. The van der Waals surface area contributed by atoms with Gasteiger partial charge in [0.25, 0.3) is 0 Å². The Balaban J connectivity index is 1.24. The summed E-state index contributed by atoms with van der Waals surface area (Å²) in [7, 11) is 0. The lowest BCUT2D eigenvalue weighted by Gasteiger charge is -2.44. The fourth-order valence-corrected chi connectivity index (χ4v) is 5.42. The number of anilines is 1. The standard InChI is InChI=1S/C25H29ClN2O3/c26-20-9-10-21(22-23(20)27-24(29)28-25(22)11-5-2-6-12-25)31-19-13-18(14-19)16-30-15-17-7-3-1-4-8-17/h1,3-4,7-10,18-19H,2,5-6,11-16H2,(H2,27,28,29). The third-order valence-corrected chi connectivity index (χ3v) is 7.16. The highest BCUT2D eigenvalue weighted by Gasteiger charge is 2.44. The number of halogens is 1. The Hall–Kier alpha value is -2.24. The van der Waals surface area contributed by atoms with Crippen molar-refractivity contribution in [2.75, 3.05) is 11.9 Å². The summed E-state index contributed by atoms with van der Waals surface area (Å²) >= 11 is 6.48. The zero-order valence-electron chi connectivity index (χ0n) is 17.7. The van der Waals surface area contributed by atoms with Crippen LogP contribution in [0, 0.1) is 5.92 Å². The first-order valence-corrected chi connectivity index (χ1v) is 11.7. The van der Waals surface area contributed by atoms with Crippen molar-refractivity contribution in [3.63, 3.8) is 0 Å². The average molecular weight is 441 g/mol. The lowest BCUT2D eigenvalue weighted by molar-refractivity contribution is -0.00355. The van der Waals surface area contributed by atoms with Gasteiger partial charge in [0.1, 0.15) is 5.75 Å². The van der Waals surface area contributed by atoms with Crippen LogP contribution in [0.25, 0.3) is 0 Å². The second-order valence-electron chi connectivity index (χ2n) is 9.10. The molecule has 1 aliphatic heterocycles. The molecule has 6 heteroatoms. The Morgan fingerprint density at radius 1 is 1.03 bits per heavy atom. The van der Waals surface area contributed by atoms with E-state index in [4.69, 9.17) is 21.1 Å². The Morgan fingerprint density at radius 2 is 1.81 bits per heavy atom. The number of amides is 2. The zero-order valence-corrected chi connectivity index (χ0v) is 18.4. The van der Waals surface area contributed by atoms with Crippen LogP contribution in [0.1, 0.15) is 56.1 Å². The van der Waals surface area contributed by atoms with Crippen LogP contribution in [0.3, 0.4) is 0 Å². The van der Waals surface area contributed by atoms with Gasteiger partial charge >= 0.3 is 6.03 Å². The summed E-state index contributed by atoms with van der Waals surface area (Å²) in [4.78, 5) is 12.4. The summed E-state index contributed by atoms with van der Waals surface area (Å²) < 4.78 is 12.4.